The Morgan fingerprint density at radius 3 is 2.67 bits per heavy atom. The Morgan fingerprint density at radius 2 is 1.94 bits per heavy atom. The number of rotatable bonds is 3. The summed E-state index contributed by atoms with van der Waals surface area (Å²) >= 11 is 11.9. The van der Waals surface area contributed by atoms with Gasteiger partial charge < -0.3 is 4.74 Å². The van der Waals surface area contributed by atoms with E-state index >= 15 is 0 Å². The van der Waals surface area contributed by atoms with Gasteiger partial charge in [-0.1, -0.05) is 35.3 Å². The van der Waals surface area contributed by atoms with Crippen LogP contribution in [0.5, 0.6) is 5.75 Å². The summed E-state index contributed by atoms with van der Waals surface area (Å²) in [6.45, 7) is 1.99. The van der Waals surface area contributed by atoms with Crippen LogP contribution in [-0.2, 0) is 6.61 Å². The largest absolute Gasteiger partial charge is 0.489 e. The standard InChI is InChI=1S/C14H11Cl2FO/c1-9-7-11(5-6-13(9)17)18-8-10-3-2-4-12(15)14(10)16/h2-7H,8H2,1H3. The van der Waals surface area contributed by atoms with Crippen LogP contribution in [-0.4, -0.2) is 0 Å². The van der Waals surface area contributed by atoms with Gasteiger partial charge in [-0.15, -0.1) is 0 Å². The van der Waals surface area contributed by atoms with Crippen molar-refractivity contribution in [2.24, 2.45) is 0 Å². The molecule has 0 aromatic heterocycles. The topological polar surface area (TPSA) is 9.23 Å². The zero-order valence-corrected chi connectivity index (χ0v) is 11.2. The highest BCUT2D eigenvalue weighted by Gasteiger charge is 2.05. The van der Waals surface area contributed by atoms with Gasteiger partial charge in [-0.3, -0.25) is 0 Å². The zero-order valence-electron chi connectivity index (χ0n) is 9.71. The number of hydrogen-bond donors (Lipinski definition) is 0. The van der Waals surface area contributed by atoms with Gasteiger partial charge in [0, 0.05) is 5.56 Å². The molecule has 0 saturated heterocycles. The lowest BCUT2D eigenvalue weighted by atomic mass is 10.2. The van der Waals surface area contributed by atoms with E-state index in [1.54, 1.807) is 25.1 Å². The first kappa shape index (κ1) is 13.2. The van der Waals surface area contributed by atoms with Gasteiger partial charge in [-0.05, 0) is 36.8 Å². The number of benzene rings is 2. The quantitative estimate of drug-likeness (QED) is 0.769. The summed E-state index contributed by atoms with van der Waals surface area (Å²) in [6, 6.07) is 9.97. The summed E-state index contributed by atoms with van der Waals surface area (Å²) in [4.78, 5) is 0. The Hall–Kier alpha value is -1.25. The SMILES string of the molecule is Cc1cc(OCc2cccc(Cl)c2Cl)ccc1F. The van der Waals surface area contributed by atoms with Crippen LogP contribution in [0.15, 0.2) is 36.4 Å². The molecule has 0 aliphatic heterocycles. The lowest BCUT2D eigenvalue weighted by Crippen LogP contribution is -1.97. The van der Waals surface area contributed by atoms with Crippen molar-refractivity contribution in [3.8, 4) is 5.75 Å². The van der Waals surface area contributed by atoms with E-state index in [1.807, 2.05) is 12.1 Å². The van der Waals surface area contributed by atoms with Crippen molar-refractivity contribution in [3.05, 3.63) is 63.4 Å². The summed E-state index contributed by atoms with van der Waals surface area (Å²) in [5.74, 6) is 0.355. The van der Waals surface area contributed by atoms with Crippen molar-refractivity contribution in [2.75, 3.05) is 0 Å². The number of aryl methyl sites for hydroxylation is 1. The molecule has 1 nitrogen and oxygen atoms in total. The van der Waals surface area contributed by atoms with Gasteiger partial charge in [0.15, 0.2) is 0 Å². The van der Waals surface area contributed by atoms with Crippen LogP contribution < -0.4 is 4.74 Å². The smallest absolute Gasteiger partial charge is 0.126 e. The fourth-order valence-electron chi connectivity index (χ4n) is 1.53. The van der Waals surface area contributed by atoms with Gasteiger partial charge in [0.2, 0.25) is 0 Å². The third kappa shape index (κ3) is 2.95. The maximum absolute atomic E-state index is 13.1. The molecule has 2 aromatic rings. The molecular weight excluding hydrogens is 274 g/mol. The number of hydrogen-bond acceptors (Lipinski definition) is 1. The van der Waals surface area contributed by atoms with Gasteiger partial charge in [0.1, 0.15) is 18.2 Å². The highest BCUT2D eigenvalue weighted by Crippen LogP contribution is 2.26. The second-order valence-electron chi connectivity index (χ2n) is 3.91. The van der Waals surface area contributed by atoms with E-state index in [0.717, 1.165) is 5.56 Å². The lowest BCUT2D eigenvalue weighted by molar-refractivity contribution is 0.305. The molecule has 0 N–H and O–H groups in total. The van der Waals surface area contributed by atoms with Crippen molar-refractivity contribution in [3.63, 3.8) is 0 Å². The minimum Gasteiger partial charge on any atom is -0.489 e. The second kappa shape index (κ2) is 5.59. The van der Waals surface area contributed by atoms with Gasteiger partial charge in [-0.2, -0.15) is 0 Å². The Balaban J connectivity index is 2.11. The fraction of sp³-hybridized carbons (Fsp3) is 0.143. The van der Waals surface area contributed by atoms with Crippen LogP contribution in [0.4, 0.5) is 4.39 Å². The van der Waals surface area contributed by atoms with Crippen LogP contribution in [0.3, 0.4) is 0 Å². The predicted molar refractivity (Wildman–Crippen MR) is 71.9 cm³/mol. The monoisotopic (exact) mass is 284 g/mol. The molecule has 2 rings (SSSR count). The molecule has 0 aliphatic rings. The third-order valence-corrected chi connectivity index (χ3v) is 3.41. The molecule has 94 valence electrons. The van der Waals surface area contributed by atoms with Gasteiger partial charge in [0.05, 0.1) is 10.0 Å². The van der Waals surface area contributed by atoms with E-state index < -0.39 is 0 Å². The fourth-order valence-corrected chi connectivity index (χ4v) is 1.90. The van der Waals surface area contributed by atoms with Crippen molar-refractivity contribution < 1.29 is 9.13 Å². The molecule has 0 amide bonds. The first-order chi connectivity index (χ1) is 8.58. The molecule has 2 aromatic carbocycles. The van der Waals surface area contributed by atoms with Crippen LogP contribution in [0.25, 0.3) is 0 Å². The molecule has 0 radical (unpaired) electrons. The maximum Gasteiger partial charge on any atom is 0.126 e. The van der Waals surface area contributed by atoms with Crippen LogP contribution in [0.2, 0.25) is 10.0 Å². The average Bonchev–Trinajstić information content (AvgIpc) is 2.35. The Morgan fingerprint density at radius 1 is 1.17 bits per heavy atom. The Bertz CT molecular complexity index is 570. The van der Waals surface area contributed by atoms with Gasteiger partial charge in [-0.25, -0.2) is 4.39 Å². The molecule has 4 heteroatoms. The normalized spacial score (nSPS) is 10.4. The van der Waals surface area contributed by atoms with E-state index in [-0.39, 0.29) is 5.82 Å². The molecule has 0 saturated carbocycles. The summed E-state index contributed by atoms with van der Waals surface area (Å²) in [5, 5.41) is 0.978. The maximum atomic E-state index is 13.1. The highest BCUT2D eigenvalue weighted by atomic mass is 35.5. The van der Waals surface area contributed by atoms with Gasteiger partial charge in [0.25, 0.3) is 0 Å². The molecule has 0 unspecified atom stereocenters. The van der Waals surface area contributed by atoms with Crippen molar-refractivity contribution in [2.45, 2.75) is 13.5 Å². The molecule has 0 fully saturated rings. The zero-order chi connectivity index (χ0) is 13.1. The number of halogens is 3. The second-order valence-corrected chi connectivity index (χ2v) is 4.70. The molecule has 0 atom stereocenters. The van der Waals surface area contributed by atoms with E-state index in [0.29, 0.717) is 28.0 Å². The van der Waals surface area contributed by atoms with Crippen LogP contribution in [0.1, 0.15) is 11.1 Å². The first-order valence-corrected chi connectivity index (χ1v) is 6.15. The van der Waals surface area contributed by atoms with E-state index in [4.69, 9.17) is 27.9 Å². The van der Waals surface area contributed by atoms with Crippen LogP contribution in [0, 0.1) is 12.7 Å². The molecule has 0 aliphatic carbocycles. The molecule has 18 heavy (non-hydrogen) atoms. The molecular formula is C14H11Cl2FO. The Kier molecular flexibility index (Phi) is 4.10. The number of ether oxygens (including phenoxy) is 1. The van der Waals surface area contributed by atoms with Crippen LogP contribution >= 0.6 is 23.2 Å². The molecule has 0 bridgehead atoms. The molecule has 0 spiro atoms. The average molecular weight is 285 g/mol. The van der Waals surface area contributed by atoms with Gasteiger partial charge >= 0.3 is 0 Å². The van der Waals surface area contributed by atoms with E-state index in [1.165, 1.54) is 6.07 Å². The summed E-state index contributed by atoms with van der Waals surface area (Å²) in [7, 11) is 0. The third-order valence-electron chi connectivity index (χ3n) is 2.56. The summed E-state index contributed by atoms with van der Waals surface area (Å²) in [5.41, 5.74) is 1.34. The highest BCUT2D eigenvalue weighted by molar-refractivity contribution is 6.42. The minimum absolute atomic E-state index is 0.247. The Labute approximate surface area is 115 Å². The summed E-state index contributed by atoms with van der Waals surface area (Å²) < 4.78 is 18.6. The van der Waals surface area contributed by atoms with E-state index in [9.17, 15) is 4.39 Å². The minimum atomic E-state index is -0.247. The van der Waals surface area contributed by atoms with E-state index in [2.05, 4.69) is 0 Å². The summed E-state index contributed by atoms with van der Waals surface area (Å²) in [6.07, 6.45) is 0. The predicted octanol–water partition coefficient (Wildman–Crippen LogP) is 5.02. The van der Waals surface area contributed by atoms with Crippen molar-refractivity contribution >= 4 is 23.2 Å². The first-order valence-electron chi connectivity index (χ1n) is 5.40. The molecule has 0 heterocycles. The van der Waals surface area contributed by atoms with Crippen molar-refractivity contribution in [1.82, 2.24) is 0 Å². The lowest BCUT2D eigenvalue weighted by Gasteiger charge is -2.09. The van der Waals surface area contributed by atoms with Crippen molar-refractivity contribution in [1.29, 1.82) is 0 Å².